The summed E-state index contributed by atoms with van der Waals surface area (Å²) < 4.78 is 5.33. The normalized spacial score (nSPS) is 13.7. The maximum Gasteiger partial charge on any atom is 0.0949 e. The van der Waals surface area contributed by atoms with Crippen molar-refractivity contribution in [2.75, 3.05) is 7.11 Å². The van der Waals surface area contributed by atoms with Gasteiger partial charge >= 0.3 is 0 Å². The predicted octanol–water partition coefficient (Wildman–Crippen LogP) is 4.34. The number of hydrogen-bond donors (Lipinski definition) is 1. The highest BCUT2D eigenvalue weighted by atomic mass is 16.5. The molecule has 0 amide bonds. The molecule has 1 N–H and O–H groups in total. The van der Waals surface area contributed by atoms with Gasteiger partial charge < -0.3 is 9.84 Å². The summed E-state index contributed by atoms with van der Waals surface area (Å²) in [5, 5.41) is 9.66. The largest absolute Gasteiger partial charge is 0.512 e. The van der Waals surface area contributed by atoms with Gasteiger partial charge in [-0.25, -0.2) is 0 Å². The summed E-state index contributed by atoms with van der Waals surface area (Å²) >= 11 is 0. The number of allylic oxidation sites excluding steroid dienone is 3. The van der Waals surface area contributed by atoms with Gasteiger partial charge in [-0.3, -0.25) is 0 Å². The first-order valence-corrected chi connectivity index (χ1v) is 5.82. The summed E-state index contributed by atoms with van der Waals surface area (Å²) in [5.74, 6) is 1.48. The highest BCUT2D eigenvalue weighted by molar-refractivity contribution is 5.15. The summed E-state index contributed by atoms with van der Waals surface area (Å²) in [4.78, 5) is 0. The summed E-state index contributed by atoms with van der Waals surface area (Å²) in [6, 6.07) is 0. The molecule has 0 heterocycles. The van der Waals surface area contributed by atoms with Crippen LogP contribution in [-0.4, -0.2) is 12.2 Å². The van der Waals surface area contributed by atoms with Crippen LogP contribution >= 0.6 is 0 Å². The minimum absolute atomic E-state index is 0.462. The fourth-order valence-electron chi connectivity index (χ4n) is 1.69. The zero-order valence-corrected chi connectivity index (χ0v) is 10.5. The third-order valence-electron chi connectivity index (χ3n) is 2.35. The van der Waals surface area contributed by atoms with Crippen LogP contribution in [-0.2, 0) is 4.74 Å². The van der Waals surface area contributed by atoms with Gasteiger partial charge in [0.15, 0.2) is 0 Å². The first-order chi connectivity index (χ1) is 7.19. The second-order valence-corrected chi connectivity index (χ2v) is 3.61. The van der Waals surface area contributed by atoms with Crippen molar-refractivity contribution in [3.63, 3.8) is 0 Å². The number of hydrogen-bond acceptors (Lipinski definition) is 2. The summed E-state index contributed by atoms with van der Waals surface area (Å²) in [6.45, 7) is 6.25. The molecule has 88 valence electrons. The molecule has 0 aromatic rings. The van der Waals surface area contributed by atoms with E-state index in [0.717, 1.165) is 31.4 Å². The van der Waals surface area contributed by atoms with Crippen LogP contribution in [0.2, 0.25) is 0 Å². The van der Waals surface area contributed by atoms with E-state index in [0.29, 0.717) is 12.2 Å². The SMILES string of the molecule is CC/C=C(/O)C/C(CCC)=C(\CC)OC. The number of ether oxygens (including phenoxy) is 1. The van der Waals surface area contributed by atoms with Crippen molar-refractivity contribution < 1.29 is 9.84 Å². The quantitative estimate of drug-likeness (QED) is 0.636. The maximum absolute atomic E-state index is 9.66. The van der Waals surface area contributed by atoms with E-state index in [9.17, 15) is 5.11 Å². The van der Waals surface area contributed by atoms with E-state index in [1.807, 2.05) is 13.0 Å². The van der Waals surface area contributed by atoms with Gasteiger partial charge in [0.2, 0.25) is 0 Å². The lowest BCUT2D eigenvalue weighted by molar-refractivity contribution is 0.271. The molecule has 0 fully saturated rings. The smallest absolute Gasteiger partial charge is 0.0949 e. The molecule has 0 bridgehead atoms. The van der Waals surface area contributed by atoms with Crippen molar-refractivity contribution >= 4 is 0 Å². The Balaban J connectivity index is 4.65. The Kier molecular flexibility index (Phi) is 7.88. The van der Waals surface area contributed by atoms with E-state index in [1.165, 1.54) is 5.57 Å². The lowest BCUT2D eigenvalue weighted by atomic mass is 10.0. The molecule has 2 heteroatoms. The molecule has 0 aliphatic heterocycles. The highest BCUT2D eigenvalue weighted by Gasteiger charge is 2.07. The van der Waals surface area contributed by atoms with E-state index in [-0.39, 0.29) is 0 Å². The lowest BCUT2D eigenvalue weighted by Gasteiger charge is -2.12. The first kappa shape index (κ1) is 14.1. The minimum Gasteiger partial charge on any atom is -0.512 e. The standard InChI is InChI=1S/C13H24O2/c1-5-8-11(13(7-3)15-4)10-12(14)9-6-2/h9,14H,5-8,10H2,1-4H3/b12-9+,13-11+. The highest BCUT2D eigenvalue weighted by Crippen LogP contribution is 2.21. The Morgan fingerprint density at radius 1 is 1.27 bits per heavy atom. The van der Waals surface area contributed by atoms with Crippen LogP contribution in [0.4, 0.5) is 0 Å². The molecule has 0 spiro atoms. The predicted molar refractivity (Wildman–Crippen MR) is 64.9 cm³/mol. The molecular formula is C13H24O2. The van der Waals surface area contributed by atoms with Crippen LogP contribution in [0.3, 0.4) is 0 Å². The van der Waals surface area contributed by atoms with Gasteiger partial charge in [-0.2, -0.15) is 0 Å². The van der Waals surface area contributed by atoms with Crippen LogP contribution in [0.5, 0.6) is 0 Å². The minimum atomic E-state index is 0.462. The van der Waals surface area contributed by atoms with Crippen LogP contribution < -0.4 is 0 Å². The molecule has 0 rings (SSSR count). The zero-order valence-electron chi connectivity index (χ0n) is 10.5. The maximum atomic E-state index is 9.66. The summed E-state index contributed by atoms with van der Waals surface area (Å²) in [7, 11) is 1.70. The molecule has 0 aromatic heterocycles. The van der Waals surface area contributed by atoms with Crippen molar-refractivity contribution in [1.29, 1.82) is 0 Å². The van der Waals surface area contributed by atoms with Crippen molar-refractivity contribution in [1.82, 2.24) is 0 Å². The van der Waals surface area contributed by atoms with Crippen LogP contribution in [0.25, 0.3) is 0 Å². The van der Waals surface area contributed by atoms with Crippen molar-refractivity contribution in [3.05, 3.63) is 23.2 Å². The second kappa shape index (κ2) is 8.39. The van der Waals surface area contributed by atoms with Crippen molar-refractivity contribution in [2.45, 2.75) is 52.9 Å². The van der Waals surface area contributed by atoms with Gasteiger partial charge in [0, 0.05) is 12.8 Å². The summed E-state index contributed by atoms with van der Waals surface area (Å²) in [6.07, 6.45) is 6.35. The number of methoxy groups -OCH3 is 1. The fraction of sp³-hybridized carbons (Fsp3) is 0.692. The second-order valence-electron chi connectivity index (χ2n) is 3.61. The molecule has 0 saturated carbocycles. The fourth-order valence-corrected chi connectivity index (χ4v) is 1.69. The van der Waals surface area contributed by atoms with Gasteiger partial charge in [-0.05, 0) is 24.5 Å². The van der Waals surface area contributed by atoms with E-state index in [1.54, 1.807) is 7.11 Å². The summed E-state index contributed by atoms with van der Waals surface area (Å²) in [5.41, 5.74) is 1.23. The van der Waals surface area contributed by atoms with Gasteiger partial charge in [-0.15, -0.1) is 0 Å². The van der Waals surface area contributed by atoms with Crippen LogP contribution in [0.1, 0.15) is 52.9 Å². The van der Waals surface area contributed by atoms with E-state index in [4.69, 9.17) is 4.74 Å². The third kappa shape index (κ3) is 5.50. The van der Waals surface area contributed by atoms with Gasteiger partial charge in [0.1, 0.15) is 0 Å². The van der Waals surface area contributed by atoms with E-state index in [2.05, 4.69) is 13.8 Å². The van der Waals surface area contributed by atoms with Crippen molar-refractivity contribution in [3.8, 4) is 0 Å². The topological polar surface area (TPSA) is 29.5 Å². The third-order valence-corrected chi connectivity index (χ3v) is 2.35. The molecule has 15 heavy (non-hydrogen) atoms. The zero-order chi connectivity index (χ0) is 11.7. The van der Waals surface area contributed by atoms with Gasteiger partial charge in [0.25, 0.3) is 0 Å². The van der Waals surface area contributed by atoms with E-state index >= 15 is 0 Å². The Bertz CT molecular complexity index is 221. The Labute approximate surface area is 93.6 Å². The Morgan fingerprint density at radius 3 is 2.33 bits per heavy atom. The number of rotatable bonds is 7. The number of aliphatic hydroxyl groups is 1. The Morgan fingerprint density at radius 2 is 1.93 bits per heavy atom. The first-order valence-electron chi connectivity index (χ1n) is 5.82. The monoisotopic (exact) mass is 212 g/mol. The average Bonchev–Trinajstić information content (AvgIpc) is 2.20. The average molecular weight is 212 g/mol. The van der Waals surface area contributed by atoms with Gasteiger partial charge in [-0.1, -0.05) is 27.2 Å². The molecule has 0 unspecified atom stereocenters. The molecule has 0 atom stereocenters. The lowest BCUT2D eigenvalue weighted by Crippen LogP contribution is -1.96. The molecule has 0 aliphatic carbocycles. The van der Waals surface area contributed by atoms with Gasteiger partial charge in [0.05, 0.1) is 18.6 Å². The van der Waals surface area contributed by atoms with Crippen molar-refractivity contribution in [2.24, 2.45) is 0 Å². The van der Waals surface area contributed by atoms with Crippen LogP contribution in [0.15, 0.2) is 23.2 Å². The van der Waals surface area contributed by atoms with Crippen LogP contribution in [0, 0.1) is 0 Å². The molecular weight excluding hydrogens is 188 g/mol. The molecule has 0 saturated heterocycles. The molecule has 0 radical (unpaired) electrons. The van der Waals surface area contributed by atoms with E-state index < -0.39 is 0 Å². The molecule has 0 aromatic carbocycles. The Hall–Kier alpha value is -0.920. The molecule has 2 nitrogen and oxygen atoms in total. The molecule has 0 aliphatic rings. The number of aliphatic hydroxyl groups excluding tert-OH is 1.